The third-order valence-corrected chi connectivity index (χ3v) is 9.57. The number of nitrogens with zero attached hydrogens (tertiary/aromatic N) is 4. The molecule has 3 aromatic rings. The van der Waals surface area contributed by atoms with E-state index < -0.39 is 0 Å². The Morgan fingerprint density at radius 1 is 1.27 bits per heavy atom. The van der Waals surface area contributed by atoms with Gasteiger partial charge in [0.15, 0.2) is 11.0 Å². The van der Waals surface area contributed by atoms with Crippen LogP contribution in [0.2, 0.25) is 0 Å². The van der Waals surface area contributed by atoms with E-state index in [-0.39, 0.29) is 17.1 Å². The van der Waals surface area contributed by atoms with Crippen molar-refractivity contribution in [3.05, 3.63) is 40.3 Å². The molecule has 2 aromatic heterocycles. The molecular formula is C28H35N5O2S2. The number of nitriles is 1. The van der Waals surface area contributed by atoms with Crippen LogP contribution in [0, 0.1) is 22.7 Å². The Morgan fingerprint density at radius 3 is 2.68 bits per heavy atom. The van der Waals surface area contributed by atoms with E-state index >= 15 is 0 Å². The molecule has 1 aliphatic carbocycles. The van der Waals surface area contributed by atoms with Crippen molar-refractivity contribution in [2.24, 2.45) is 11.3 Å². The Labute approximate surface area is 227 Å². The number of thiophene rings is 1. The van der Waals surface area contributed by atoms with Crippen molar-refractivity contribution in [2.45, 2.75) is 72.0 Å². The largest absolute Gasteiger partial charge is 0.494 e. The first-order valence-electron chi connectivity index (χ1n) is 12.9. The number of hydrogen-bond acceptors (Lipinski definition) is 7. The summed E-state index contributed by atoms with van der Waals surface area (Å²) in [5.41, 5.74) is 2.99. The van der Waals surface area contributed by atoms with Gasteiger partial charge >= 0.3 is 0 Å². The highest BCUT2D eigenvalue weighted by molar-refractivity contribution is 7.99. The molecule has 1 amide bonds. The number of nitrogens with one attached hydrogen (secondary N) is 1. The third-order valence-electron chi connectivity index (χ3n) is 7.44. The van der Waals surface area contributed by atoms with Crippen LogP contribution in [0.1, 0.15) is 63.5 Å². The standard InChI is InChI=1S/C28H35N5O2S2/c1-6-28(4,5)19-11-14-21-22(16-29)26(37-23(21)15-19)30-24(34)17-36-27-32-31-25(33(27)7-2)18-9-12-20(13-10-18)35-8-3/h9-10,12-13,19H,6-8,11,14-15,17H2,1-5H3,(H,30,34). The molecule has 0 bridgehead atoms. The maximum atomic E-state index is 12.9. The zero-order chi connectivity index (χ0) is 26.6. The molecule has 1 N–H and O–H groups in total. The average molecular weight is 538 g/mol. The number of amides is 1. The minimum atomic E-state index is -0.140. The number of carbonyl (C=O) groups excluding carboxylic acids is 1. The zero-order valence-corrected chi connectivity index (χ0v) is 23.9. The monoisotopic (exact) mass is 537 g/mol. The van der Waals surface area contributed by atoms with Crippen molar-refractivity contribution in [1.82, 2.24) is 14.8 Å². The molecule has 37 heavy (non-hydrogen) atoms. The van der Waals surface area contributed by atoms with Crippen molar-refractivity contribution >= 4 is 34.0 Å². The van der Waals surface area contributed by atoms with Gasteiger partial charge in [0.2, 0.25) is 5.91 Å². The lowest BCUT2D eigenvalue weighted by atomic mass is 9.69. The van der Waals surface area contributed by atoms with Gasteiger partial charge in [-0.2, -0.15) is 5.26 Å². The lowest BCUT2D eigenvalue weighted by Crippen LogP contribution is -2.28. The summed E-state index contributed by atoms with van der Waals surface area (Å²) in [5.74, 6) is 2.23. The second-order valence-electron chi connectivity index (χ2n) is 9.95. The van der Waals surface area contributed by atoms with Gasteiger partial charge in [0, 0.05) is 17.0 Å². The minimum absolute atomic E-state index is 0.140. The SMILES string of the molecule is CCOc1ccc(-c2nnc(SCC(=O)Nc3sc4c(c3C#N)CCC(C(C)(C)CC)C4)n2CC)cc1. The number of benzene rings is 1. The molecule has 2 heterocycles. The van der Waals surface area contributed by atoms with E-state index in [9.17, 15) is 10.1 Å². The third kappa shape index (κ3) is 5.86. The summed E-state index contributed by atoms with van der Waals surface area (Å²) in [7, 11) is 0. The van der Waals surface area contributed by atoms with Crippen molar-refractivity contribution in [2.75, 3.05) is 17.7 Å². The summed E-state index contributed by atoms with van der Waals surface area (Å²) >= 11 is 2.93. The van der Waals surface area contributed by atoms with E-state index in [4.69, 9.17) is 4.74 Å². The van der Waals surface area contributed by atoms with Gasteiger partial charge in [-0.25, -0.2) is 0 Å². The molecule has 0 spiro atoms. The van der Waals surface area contributed by atoms with Crippen molar-refractivity contribution in [3.8, 4) is 23.2 Å². The van der Waals surface area contributed by atoms with Gasteiger partial charge in [-0.15, -0.1) is 21.5 Å². The van der Waals surface area contributed by atoms with E-state index in [2.05, 4.69) is 42.4 Å². The van der Waals surface area contributed by atoms with Crippen LogP contribution in [0.25, 0.3) is 11.4 Å². The van der Waals surface area contributed by atoms with Crippen LogP contribution in [0.4, 0.5) is 5.00 Å². The van der Waals surface area contributed by atoms with Crippen LogP contribution in [0.5, 0.6) is 5.75 Å². The zero-order valence-electron chi connectivity index (χ0n) is 22.3. The van der Waals surface area contributed by atoms with Crippen molar-refractivity contribution in [3.63, 3.8) is 0 Å². The maximum absolute atomic E-state index is 12.9. The van der Waals surface area contributed by atoms with Crippen LogP contribution >= 0.6 is 23.1 Å². The van der Waals surface area contributed by atoms with E-state index in [1.807, 2.05) is 42.7 Å². The maximum Gasteiger partial charge on any atom is 0.235 e. The predicted molar refractivity (Wildman–Crippen MR) is 150 cm³/mol. The van der Waals surface area contributed by atoms with Gasteiger partial charge in [0.25, 0.3) is 0 Å². The molecule has 1 aromatic carbocycles. The lowest BCUT2D eigenvalue weighted by molar-refractivity contribution is -0.113. The number of rotatable bonds is 10. The Balaban J connectivity index is 1.43. The quantitative estimate of drug-likeness (QED) is 0.294. The molecule has 4 rings (SSSR count). The second kappa shape index (κ2) is 11.7. The van der Waals surface area contributed by atoms with Crippen LogP contribution < -0.4 is 10.1 Å². The Morgan fingerprint density at radius 2 is 2.03 bits per heavy atom. The molecule has 0 aliphatic heterocycles. The highest BCUT2D eigenvalue weighted by Gasteiger charge is 2.34. The number of thioether (sulfide) groups is 1. The topological polar surface area (TPSA) is 92.8 Å². The summed E-state index contributed by atoms with van der Waals surface area (Å²) in [6.07, 6.45) is 4.11. The lowest BCUT2D eigenvalue weighted by Gasteiger charge is -2.36. The van der Waals surface area contributed by atoms with Crippen LogP contribution in [-0.4, -0.2) is 33.0 Å². The van der Waals surface area contributed by atoms with E-state index in [0.717, 1.165) is 48.4 Å². The van der Waals surface area contributed by atoms with Crippen LogP contribution in [0.15, 0.2) is 29.4 Å². The van der Waals surface area contributed by atoms with Gasteiger partial charge < -0.3 is 14.6 Å². The Hall–Kier alpha value is -2.83. The molecule has 0 saturated heterocycles. The molecule has 1 unspecified atom stereocenters. The molecular weight excluding hydrogens is 502 g/mol. The van der Waals surface area contributed by atoms with E-state index in [1.165, 1.54) is 16.6 Å². The summed E-state index contributed by atoms with van der Waals surface area (Å²) in [6, 6.07) is 10.1. The molecule has 0 fully saturated rings. The Bertz CT molecular complexity index is 1290. The fraction of sp³-hybridized carbons (Fsp3) is 0.500. The first-order valence-corrected chi connectivity index (χ1v) is 14.7. The van der Waals surface area contributed by atoms with E-state index in [1.54, 1.807) is 11.3 Å². The van der Waals surface area contributed by atoms with Crippen LogP contribution in [-0.2, 0) is 24.2 Å². The first kappa shape index (κ1) is 27.2. The predicted octanol–water partition coefficient (Wildman–Crippen LogP) is 6.57. The van der Waals surface area contributed by atoms with Gasteiger partial charge in [-0.1, -0.05) is 39.0 Å². The van der Waals surface area contributed by atoms with Crippen LogP contribution in [0.3, 0.4) is 0 Å². The smallest absolute Gasteiger partial charge is 0.235 e. The van der Waals surface area contributed by atoms with Gasteiger partial charge in [0.05, 0.1) is 17.9 Å². The summed E-state index contributed by atoms with van der Waals surface area (Å²) in [6.45, 7) is 12.2. The van der Waals surface area contributed by atoms with Gasteiger partial charge in [-0.05, 0) is 74.3 Å². The fourth-order valence-electron chi connectivity index (χ4n) is 4.80. The van der Waals surface area contributed by atoms with E-state index in [0.29, 0.717) is 34.8 Å². The molecule has 0 radical (unpaired) electrons. The molecule has 1 aliphatic rings. The molecule has 7 nitrogen and oxygen atoms in total. The molecule has 0 saturated carbocycles. The number of anilines is 1. The second-order valence-corrected chi connectivity index (χ2v) is 12.0. The molecule has 9 heteroatoms. The Kier molecular flexibility index (Phi) is 8.60. The van der Waals surface area contributed by atoms with Crippen molar-refractivity contribution in [1.29, 1.82) is 5.26 Å². The number of carbonyl (C=O) groups is 1. The highest BCUT2D eigenvalue weighted by Crippen LogP contribution is 2.45. The van der Waals surface area contributed by atoms with Gasteiger partial charge in [0.1, 0.15) is 16.8 Å². The molecule has 1 atom stereocenters. The average Bonchev–Trinajstić information content (AvgIpc) is 3.47. The van der Waals surface area contributed by atoms with Gasteiger partial charge in [-0.3, -0.25) is 4.79 Å². The number of hydrogen-bond donors (Lipinski definition) is 1. The molecule has 196 valence electrons. The number of aromatic nitrogens is 3. The first-order chi connectivity index (χ1) is 17.8. The minimum Gasteiger partial charge on any atom is -0.494 e. The van der Waals surface area contributed by atoms with Crippen molar-refractivity contribution < 1.29 is 9.53 Å². The summed E-state index contributed by atoms with van der Waals surface area (Å²) < 4.78 is 7.54. The summed E-state index contributed by atoms with van der Waals surface area (Å²) in [4.78, 5) is 14.2. The highest BCUT2D eigenvalue weighted by atomic mass is 32.2. The normalized spacial score (nSPS) is 15.2. The number of ether oxygens (including phenoxy) is 1. The number of fused-ring (bicyclic) bond motifs is 1. The fourth-order valence-corrected chi connectivity index (χ4v) is 6.90. The summed E-state index contributed by atoms with van der Waals surface area (Å²) in [5, 5.41) is 23.0.